The summed E-state index contributed by atoms with van der Waals surface area (Å²) in [7, 11) is 1.85. The summed E-state index contributed by atoms with van der Waals surface area (Å²) in [6.07, 6.45) is 0. The van der Waals surface area contributed by atoms with Crippen LogP contribution in [0.1, 0.15) is 31.0 Å². The number of pyridine rings is 1. The zero-order valence-electron chi connectivity index (χ0n) is 15.4. The van der Waals surface area contributed by atoms with Crippen molar-refractivity contribution in [1.29, 1.82) is 0 Å². The molecular weight excluding hydrogens is 387 g/mol. The van der Waals surface area contributed by atoms with Crippen LogP contribution in [0.2, 0.25) is 10.0 Å². The Morgan fingerprint density at radius 1 is 1.15 bits per heavy atom. The van der Waals surface area contributed by atoms with Crippen molar-refractivity contribution < 1.29 is 4.79 Å². The minimum atomic E-state index is -0.470. The van der Waals surface area contributed by atoms with E-state index in [4.69, 9.17) is 23.2 Å². The highest BCUT2D eigenvalue weighted by molar-refractivity contribution is 6.35. The van der Waals surface area contributed by atoms with Crippen LogP contribution in [0.25, 0.3) is 11.0 Å². The Morgan fingerprint density at radius 2 is 1.81 bits per heavy atom. The van der Waals surface area contributed by atoms with Gasteiger partial charge < -0.3 is 5.32 Å². The SMILES string of the molecule is Cc1nn(C)c2nc(NNC(=O)Nc3cc(Cl)cc(Cl)c3)cc(C(C)C)c12. The lowest BCUT2D eigenvalue weighted by atomic mass is 10.00. The molecule has 3 rings (SSSR count). The van der Waals surface area contributed by atoms with Gasteiger partial charge in [0.1, 0.15) is 5.82 Å². The van der Waals surface area contributed by atoms with E-state index >= 15 is 0 Å². The van der Waals surface area contributed by atoms with Gasteiger partial charge in [-0.1, -0.05) is 37.0 Å². The fraction of sp³-hybridized carbons (Fsp3) is 0.278. The van der Waals surface area contributed by atoms with Crippen LogP contribution >= 0.6 is 23.2 Å². The number of nitrogens with zero attached hydrogens (tertiary/aromatic N) is 3. The maximum absolute atomic E-state index is 12.1. The van der Waals surface area contributed by atoms with Gasteiger partial charge in [-0.2, -0.15) is 5.10 Å². The van der Waals surface area contributed by atoms with Gasteiger partial charge in [0.05, 0.1) is 5.69 Å². The number of nitrogens with one attached hydrogen (secondary N) is 3. The van der Waals surface area contributed by atoms with Gasteiger partial charge in [0.15, 0.2) is 5.65 Å². The van der Waals surface area contributed by atoms with E-state index < -0.39 is 6.03 Å². The number of aromatic nitrogens is 3. The van der Waals surface area contributed by atoms with Crippen molar-refractivity contribution in [3.63, 3.8) is 0 Å². The number of aryl methyl sites for hydroxylation is 2. The van der Waals surface area contributed by atoms with Crippen molar-refractivity contribution in [2.45, 2.75) is 26.7 Å². The molecular formula is C18H20Cl2N6O. The number of urea groups is 1. The highest BCUT2D eigenvalue weighted by atomic mass is 35.5. The number of amides is 2. The number of fused-ring (bicyclic) bond motifs is 1. The van der Waals surface area contributed by atoms with Crippen LogP contribution in [-0.4, -0.2) is 20.8 Å². The molecule has 0 aliphatic heterocycles. The monoisotopic (exact) mass is 406 g/mol. The van der Waals surface area contributed by atoms with Crippen LogP contribution < -0.4 is 16.2 Å². The molecule has 0 aliphatic rings. The maximum atomic E-state index is 12.1. The van der Waals surface area contributed by atoms with E-state index in [1.54, 1.807) is 22.9 Å². The molecule has 7 nitrogen and oxygen atoms in total. The standard InChI is InChI=1S/C18H20Cl2N6O/c1-9(2)14-8-15(22-17-16(14)10(3)25-26(17)4)23-24-18(27)21-13-6-11(19)5-12(20)7-13/h5-9H,1-4H3,(H,22,23)(H2,21,24,27). The summed E-state index contributed by atoms with van der Waals surface area (Å²) in [6, 6.07) is 6.24. The second-order valence-corrected chi connectivity index (χ2v) is 7.39. The Labute approximate surface area is 167 Å². The smallest absolute Gasteiger partial charge is 0.306 e. The van der Waals surface area contributed by atoms with Gasteiger partial charge in [-0.25, -0.2) is 9.78 Å². The molecule has 0 saturated heterocycles. The van der Waals surface area contributed by atoms with Crippen LogP contribution in [0, 0.1) is 6.92 Å². The molecule has 2 heterocycles. The van der Waals surface area contributed by atoms with Crippen LogP contribution in [0.4, 0.5) is 16.3 Å². The van der Waals surface area contributed by atoms with E-state index in [9.17, 15) is 4.79 Å². The minimum absolute atomic E-state index is 0.279. The molecule has 0 spiro atoms. The summed E-state index contributed by atoms with van der Waals surface area (Å²) >= 11 is 11.9. The molecule has 0 bridgehead atoms. The fourth-order valence-electron chi connectivity index (χ4n) is 2.91. The lowest BCUT2D eigenvalue weighted by molar-refractivity contribution is 0.254. The fourth-order valence-corrected chi connectivity index (χ4v) is 3.43. The van der Waals surface area contributed by atoms with Gasteiger partial charge in [-0.05, 0) is 42.7 Å². The molecule has 27 heavy (non-hydrogen) atoms. The second kappa shape index (κ2) is 7.62. The second-order valence-electron chi connectivity index (χ2n) is 6.52. The van der Waals surface area contributed by atoms with E-state index in [2.05, 4.69) is 40.1 Å². The predicted molar refractivity (Wildman–Crippen MR) is 110 cm³/mol. The Bertz CT molecular complexity index is 994. The van der Waals surface area contributed by atoms with Crippen molar-refractivity contribution in [2.24, 2.45) is 7.05 Å². The molecule has 2 aromatic heterocycles. The number of carbonyl (C=O) groups is 1. The molecule has 0 unspecified atom stereocenters. The van der Waals surface area contributed by atoms with Gasteiger partial charge in [0.25, 0.3) is 0 Å². The third-order valence-corrected chi connectivity index (χ3v) is 4.48. The number of hydrogen-bond donors (Lipinski definition) is 3. The first-order valence-corrected chi connectivity index (χ1v) is 9.13. The highest BCUT2D eigenvalue weighted by Gasteiger charge is 2.16. The molecule has 9 heteroatoms. The number of carbonyl (C=O) groups excluding carboxylic acids is 1. The zero-order chi connectivity index (χ0) is 19.7. The van der Waals surface area contributed by atoms with Gasteiger partial charge in [-0.3, -0.25) is 15.5 Å². The van der Waals surface area contributed by atoms with Gasteiger partial charge in [-0.15, -0.1) is 0 Å². The number of anilines is 2. The molecule has 0 radical (unpaired) electrons. The maximum Gasteiger partial charge on any atom is 0.337 e. The molecule has 0 aliphatic carbocycles. The van der Waals surface area contributed by atoms with Gasteiger partial charge in [0.2, 0.25) is 0 Å². The van der Waals surface area contributed by atoms with Crippen LogP contribution in [-0.2, 0) is 7.05 Å². The molecule has 0 atom stereocenters. The molecule has 2 amide bonds. The van der Waals surface area contributed by atoms with E-state index in [0.717, 1.165) is 22.3 Å². The van der Waals surface area contributed by atoms with Crippen molar-refractivity contribution in [3.8, 4) is 0 Å². The third kappa shape index (κ3) is 4.26. The summed E-state index contributed by atoms with van der Waals surface area (Å²) in [5.74, 6) is 0.801. The molecule has 142 valence electrons. The molecule has 0 saturated carbocycles. The Kier molecular flexibility index (Phi) is 5.43. The quantitative estimate of drug-likeness (QED) is 0.540. The molecule has 3 aromatic rings. The third-order valence-electron chi connectivity index (χ3n) is 4.05. The Balaban J connectivity index is 1.78. The van der Waals surface area contributed by atoms with Gasteiger partial charge in [0, 0.05) is 28.2 Å². The normalized spacial score (nSPS) is 11.1. The summed E-state index contributed by atoms with van der Waals surface area (Å²) in [5.41, 5.74) is 8.68. The number of rotatable bonds is 4. The Morgan fingerprint density at radius 3 is 2.44 bits per heavy atom. The number of hydrogen-bond acceptors (Lipinski definition) is 4. The predicted octanol–water partition coefficient (Wildman–Crippen LogP) is 4.86. The van der Waals surface area contributed by atoms with Gasteiger partial charge >= 0.3 is 6.03 Å². The van der Waals surface area contributed by atoms with Crippen molar-refractivity contribution in [2.75, 3.05) is 10.7 Å². The van der Waals surface area contributed by atoms with Crippen LogP contribution in [0.15, 0.2) is 24.3 Å². The summed E-state index contributed by atoms with van der Waals surface area (Å²) in [4.78, 5) is 16.7. The van der Waals surface area contributed by atoms with Crippen molar-refractivity contribution >= 4 is 51.8 Å². The number of hydrazine groups is 1. The van der Waals surface area contributed by atoms with E-state index in [1.807, 2.05) is 20.0 Å². The van der Waals surface area contributed by atoms with Crippen LogP contribution in [0.5, 0.6) is 0 Å². The molecule has 3 N–H and O–H groups in total. The minimum Gasteiger partial charge on any atom is -0.306 e. The molecule has 1 aromatic carbocycles. The number of benzene rings is 1. The summed E-state index contributed by atoms with van der Waals surface area (Å²) < 4.78 is 1.73. The number of halogens is 2. The lowest BCUT2D eigenvalue weighted by Gasteiger charge is -2.13. The Hall–Kier alpha value is -2.51. The average molecular weight is 407 g/mol. The average Bonchev–Trinajstić information content (AvgIpc) is 2.85. The first-order valence-electron chi connectivity index (χ1n) is 8.38. The van der Waals surface area contributed by atoms with Crippen molar-refractivity contribution in [3.05, 3.63) is 45.6 Å². The van der Waals surface area contributed by atoms with E-state index in [0.29, 0.717) is 21.6 Å². The van der Waals surface area contributed by atoms with E-state index in [1.165, 1.54) is 0 Å². The summed E-state index contributed by atoms with van der Waals surface area (Å²) in [5, 5.41) is 9.01. The topological polar surface area (TPSA) is 83.9 Å². The van der Waals surface area contributed by atoms with Crippen molar-refractivity contribution in [1.82, 2.24) is 20.2 Å². The zero-order valence-corrected chi connectivity index (χ0v) is 16.9. The van der Waals surface area contributed by atoms with Crippen LogP contribution in [0.3, 0.4) is 0 Å². The summed E-state index contributed by atoms with van der Waals surface area (Å²) in [6.45, 7) is 6.17. The lowest BCUT2D eigenvalue weighted by Crippen LogP contribution is -2.34. The first-order chi connectivity index (χ1) is 12.7. The first kappa shape index (κ1) is 19.3. The largest absolute Gasteiger partial charge is 0.337 e. The highest BCUT2D eigenvalue weighted by Crippen LogP contribution is 2.29. The van der Waals surface area contributed by atoms with E-state index in [-0.39, 0.29) is 5.92 Å². The molecule has 0 fully saturated rings.